The van der Waals surface area contributed by atoms with Gasteiger partial charge in [-0.25, -0.2) is 4.63 Å². The van der Waals surface area contributed by atoms with Crippen LogP contribution >= 0.6 is 11.6 Å². The molecule has 17 heavy (non-hydrogen) atoms. The summed E-state index contributed by atoms with van der Waals surface area (Å²) in [5.41, 5.74) is 2.64. The fraction of sp³-hybridized carbons (Fsp3) is 0.167. The molecular formula is C12H10ClN3O. The van der Waals surface area contributed by atoms with Gasteiger partial charge in [-0.05, 0) is 19.1 Å². The molecule has 0 bridgehead atoms. The molecule has 0 amide bonds. The normalized spacial score (nSPS) is 11.2. The molecule has 3 rings (SSSR count). The van der Waals surface area contributed by atoms with Gasteiger partial charge in [-0.1, -0.05) is 34.0 Å². The van der Waals surface area contributed by atoms with Crippen LogP contribution in [0.15, 0.2) is 35.1 Å². The average molecular weight is 248 g/mol. The summed E-state index contributed by atoms with van der Waals surface area (Å²) in [5, 5.41) is 9.50. The fourth-order valence-corrected chi connectivity index (χ4v) is 2.19. The number of halogens is 1. The van der Waals surface area contributed by atoms with Crippen molar-refractivity contribution < 1.29 is 4.63 Å². The van der Waals surface area contributed by atoms with Crippen molar-refractivity contribution in [2.24, 2.45) is 0 Å². The summed E-state index contributed by atoms with van der Waals surface area (Å²) in [7, 11) is 0. The molecule has 0 aliphatic heterocycles. The van der Waals surface area contributed by atoms with Gasteiger partial charge in [0.15, 0.2) is 0 Å². The molecule has 0 radical (unpaired) electrons. The Kier molecular flexibility index (Phi) is 2.37. The maximum Gasteiger partial charge on any atom is 0.127 e. The second-order valence-corrected chi connectivity index (χ2v) is 4.32. The van der Waals surface area contributed by atoms with Crippen molar-refractivity contribution in [3.63, 3.8) is 0 Å². The van der Waals surface area contributed by atoms with E-state index in [2.05, 4.69) is 10.3 Å². The fourth-order valence-electron chi connectivity index (χ4n) is 1.90. The zero-order valence-corrected chi connectivity index (χ0v) is 9.98. The number of para-hydroxylation sites is 1. The van der Waals surface area contributed by atoms with E-state index >= 15 is 0 Å². The summed E-state index contributed by atoms with van der Waals surface area (Å²) in [4.78, 5) is 0. The summed E-state index contributed by atoms with van der Waals surface area (Å²) in [6, 6.07) is 7.89. The van der Waals surface area contributed by atoms with Gasteiger partial charge in [-0.2, -0.15) is 0 Å². The first-order valence-electron chi connectivity index (χ1n) is 5.27. The van der Waals surface area contributed by atoms with Crippen LogP contribution in [-0.2, 0) is 6.54 Å². The van der Waals surface area contributed by atoms with E-state index in [4.69, 9.17) is 16.2 Å². The molecule has 0 saturated heterocycles. The molecule has 1 aromatic carbocycles. The first kappa shape index (κ1) is 10.4. The van der Waals surface area contributed by atoms with Gasteiger partial charge in [0.1, 0.15) is 11.4 Å². The van der Waals surface area contributed by atoms with E-state index in [0.29, 0.717) is 6.54 Å². The smallest absolute Gasteiger partial charge is 0.127 e. The van der Waals surface area contributed by atoms with E-state index in [1.54, 1.807) is 0 Å². The van der Waals surface area contributed by atoms with E-state index in [1.165, 1.54) is 0 Å². The van der Waals surface area contributed by atoms with E-state index in [0.717, 1.165) is 27.3 Å². The second kappa shape index (κ2) is 3.89. The molecule has 0 saturated carbocycles. The number of aryl methyl sites for hydroxylation is 1. The van der Waals surface area contributed by atoms with Crippen LogP contribution in [0.2, 0.25) is 5.02 Å². The van der Waals surface area contributed by atoms with Gasteiger partial charge >= 0.3 is 0 Å². The number of rotatable bonds is 2. The van der Waals surface area contributed by atoms with Crippen LogP contribution < -0.4 is 0 Å². The van der Waals surface area contributed by atoms with Crippen molar-refractivity contribution in [1.29, 1.82) is 0 Å². The first-order valence-corrected chi connectivity index (χ1v) is 5.65. The summed E-state index contributed by atoms with van der Waals surface area (Å²) in [5.74, 6) is 0. The Labute approximate surface area is 103 Å². The number of benzene rings is 1. The predicted molar refractivity (Wildman–Crippen MR) is 65.1 cm³/mol. The maximum absolute atomic E-state index is 6.20. The monoisotopic (exact) mass is 247 g/mol. The zero-order chi connectivity index (χ0) is 11.8. The summed E-state index contributed by atoms with van der Waals surface area (Å²) in [6.45, 7) is 2.49. The van der Waals surface area contributed by atoms with Gasteiger partial charge in [0, 0.05) is 11.6 Å². The standard InChI is InChI=1S/C12H10ClN3O/c1-8-11(15-17-14-8)7-16-6-5-9-3-2-4-10(13)12(9)16/h2-6H,7H2,1H3. The van der Waals surface area contributed by atoms with Crippen LogP contribution in [0.5, 0.6) is 0 Å². The van der Waals surface area contributed by atoms with Crippen molar-refractivity contribution in [3.05, 3.63) is 46.9 Å². The van der Waals surface area contributed by atoms with Crippen molar-refractivity contribution >= 4 is 22.5 Å². The molecule has 0 unspecified atom stereocenters. The minimum atomic E-state index is 0.614. The molecular weight excluding hydrogens is 238 g/mol. The van der Waals surface area contributed by atoms with Gasteiger partial charge in [0.05, 0.1) is 17.1 Å². The van der Waals surface area contributed by atoms with E-state index < -0.39 is 0 Å². The zero-order valence-electron chi connectivity index (χ0n) is 9.22. The summed E-state index contributed by atoms with van der Waals surface area (Å²) < 4.78 is 6.74. The molecule has 86 valence electrons. The van der Waals surface area contributed by atoms with E-state index in [1.807, 2.05) is 42.0 Å². The molecule has 0 N–H and O–H groups in total. The lowest BCUT2D eigenvalue weighted by Gasteiger charge is -2.04. The Balaban J connectivity index is 2.10. The van der Waals surface area contributed by atoms with Crippen LogP contribution in [0.3, 0.4) is 0 Å². The largest absolute Gasteiger partial charge is 0.340 e. The molecule has 0 spiro atoms. The highest BCUT2D eigenvalue weighted by molar-refractivity contribution is 6.35. The average Bonchev–Trinajstić information content (AvgIpc) is 2.89. The van der Waals surface area contributed by atoms with Crippen molar-refractivity contribution in [2.75, 3.05) is 0 Å². The first-order chi connectivity index (χ1) is 8.25. The highest BCUT2D eigenvalue weighted by Gasteiger charge is 2.09. The molecule has 2 heterocycles. The SMILES string of the molecule is Cc1nonc1Cn1ccc2cccc(Cl)c21. The van der Waals surface area contributed by atoms with Crippen LogP contribution in [0, 0.1) is 6.92 Å². The minimum Gasteiger partial charge on any atom is -0.340 e. The van der Waals surface area contributed by atoms with Gasteiger partial charge < -0.3 is 4.57 Å². The van der Waals surface area contributed by atoms with Gasteiger partial charge in [0.2, 0.25) is 0 Å². The van der Waals surface area contributed by atoms with Crippen LogP contribution in [0.1, 0.15) is 11.4 Å². The Hall–Kier alpha value is -1.81. The lowest BCUT2D eigenvalue weighted by Crippen LogP contribution is -2.00. The minimum absolute atomic E-state index is 0.614. The van der Waals surface area contributed by atoms with Crippen LogP contribution in [0.4, 0.5) is 0 Å². The molecule has 0 atom stereocenters. The number of hydrogen-bond acceptors (Lipinski definition) is 3. The van der Waals surface area contributed by atoms with Crippen LogP contribution in [0.25, 0.3) is 10.9 Å². The van der Waals surface area contributed by atoms with Gasteiger partial charge in [0.25, 0.3) is 0 Å². The van der Waals surface area contributed by atoms with Crippen molar-refractivity contribution in [3.8, 4) is 0 Å². The predicted octanol–water partition coefficient (Wildman–Crippen LogP) is 3.03. The van der Waals surface area contributed by atoms with Crippen molar-refractivity contribution in [1.82, 2.24) is 14.9 Å². The molecule has 5 heteroatoms. The third kappa shape index (κ3) is 1.70. The molecule has 0 aliphatic rings. The maximum atomic E-state index is 6.20. The van der Waals surface area contributed by atoms with E-state index in [-0.39, 0.29) is 0 Å². The highest BCUT2D eigenvalue weighted by atomic mass is 35.5. The second-order valence-electron chi connectivity index (χ2n) is 3.92. The summed E-state index contributed by atoms with van der Waals surface area (Å²) >= 11 is 6.20. The lowest BCUT2D eigenvalue weighted by atomic mass is 10.2. The van der Waals surface area contributed by atoms with Crippen molar-refractivity contribution in [2.45, 2.75) is 13.5 Å². The number of fused-ring (bicyclic) bond motifs is 1. The number of nitrogens with zero attached hydrogens (tertiary/aromatic N) is 3. The number of aromatic nitrogens is 3. The molecule has 0 aliphatic carbocycles. The van der Waals surface area contributed by atoms with Gasteiger partial charge in [-0.3, -0.25) is 0 Å². The lowest BCUT2D eigenvalue weighted by molar-refractivity contribution is 0.300. The molecule has 2 aromatic heterocycles. The topological polar surface area (TPSA) is 43.9 Å². The van der Waals surface area contributed by atoms with E-state index in [9.17, 15) is 0 Å². The Morgan fingerprint density at radius 2 is 2.18 bits per heavy atom. The third-order valence-corrected chi connectivity index (χ3v) is 3.11. The Morgan fingerprint density at radius 3 is 2.94 bits per heavy atom. The Bertz CT molecular complexity index is 671. The van der Waals surface area contributed by atoms with Crippen LogP contribution in [-0.4, -0.2) is 14.9 Å². The highest BCUT2D eigenvalue weighted by Crippen LogP contribution is 2.25. The van der Waals surface area contributed by atoms with Gasteiger partial charge in [-0.15, -0.1) is 0 Å². The number of hydrogen-bond donors (Lipinski definition) is 0. The quantitative estimate of drug-likeness (QED) is 0.699. The molecule has 0 fully saturated rings. The molecule has 4 nitrogen and oxygen atoms in total. The summed E-state index contributed by atoms with van der Waals surface area (Å²) in [6.07, 6.45) is 1.99. The third-order valence-electron chi connectivity index (χ3n) is 2.81. The molecule has 3 aromatic rings. The Morgan fingerprint density at radius 1 is 1.29 bits per heavy atom.